The summed E-state index contributed by atoms with van der Waals surface area (Å²) in [6.45, 7) is 1.47. The number of carbonyl (C=O) groups is 1. The average Bonchev–Trinajstić information content (AvgIpc) is 2.16. The number of nitrogen functional groups attached to an aromatic ring is 1. The number of rotatable bonds is 3. The van der Waals surface area contributed by atoms with Gasteiger partial charge in [-0.15, -0.1) is 0 Å². The molecular formula is C10H14N2O2. The van der Waals surface area contributed by atoms with E-state index in [1.54, 1.807) is 19.2 Å². The summed E-state index contributed by atoms with van der Waals surface area (Å²) in [5.41, 5.74) is 7.40. The van der Waals surface area contributed by atoms with Crippen LogP contribution in [0.25, 0.3) is 0 Å². The van der Waals surface area contributed by atoms with Gasteiger partial charge >= 0.3 is 0 Å². The van der Waals surface area contributed by atoms with Gasteiger partial charge in [0.05, 0.1) is 24.0 Å². The minimum Gasteiger partial charge on any atom is -0.496 e. The van der Waals surface area contributed by atoms with Crippen LogP contribution >= 0.6 is 0 Å². The first-order chi connectivity index (χ1) is 6.61. The van der Waals surface area contributed by atoms with Gasteiger partial charge in [0.25, 0.3) is 0 Å². The first-order valence-electron chi connectivity index (χ1n) is 4.27. The predicted molar refractivity (Wildman–Crippen MR) is 57.0 cm³/mol. The number of anilines is 2. The minimum atomic E-state index is -0.101. The number of ether oxygens (including phenoxy) is 1. The maximum absolute atomic E-state index is 11.3. The zero-order valence-corrected chi connectivity index (χ0v) is 8.55. The Labute approximate surface area is 83.1 Å². The lowest BCUT2D eigenvalue weighted by molar-refractivity contribution is 0.101. The molecule has 4 heteroatoms. The zero-order chi connectivity index (χ0) is 10.7. The van der Waals surface area contributed by atoms with E-state index in [1.165, 1.54) is 14.0 Å². The monoisotopic (exact) mass is 194 g/mol. The van der Waals surface area contributed by atoms with E-state index < -0.39 is 0 Å². The van der Waals surface area contributed by atoms with Crippen LogP contribution < -0.4 is 15.8 Å². The summed E-state index contributed by atoms with van der Waals surface area (Å²) in [5, 5.41) is 2.91. The van der Waals surface area contributed by atoms with E-state index >= 15 is 0 Å². The lowest BCUT2D eigenvalue weighted by Gasteiger charge is -2.12. The van der Waals surface area contributed by atoms with E-state index in [0.717, 1.165) is 5.69 Å². The molecule has 0 bridgehead atoms. The molecule has 0 spiro atoms. The van der Waals surface area contributed by atoms with E-state index in [2.05, 4.69) is 5.32 Å². The Hall–Kier alpha value is -1.71. The number of hydrogen-bond donors (Lipinski definition) is 2. The van der Waals surface area contributed by atoms with Crippen molar-refractivity contribution in [1.29, 1.82) is 0 Å². The summed E-state index contributed by atoms with van der Waals surface area (Å²) in [5.74, 6) is 0.408. The molecule has 14 heavy (non-hydrogen) atoms. The summed E-state index contributed by atoms with van der Waals surface area (Å²) in [6, 6.07) is 3.50. The van der Waals surface area contributed by atoms with Crippen molar-refractivity contribution in [3.05, 3.63) is 17.7 Å². The topological polar surface area (TPSA) is 64.3 Å². The summed E-state index contributed by atoms with van der Waals surface area (Å²) >= 11 is 0. The van der Waals surface area contributed by atoms with E-state index in [1.807, 2.05) is 0 Å². The highest BCUT2D eigenvalue weighted by Crippen LogP contribution is 2.31. The normalized spacial score (nSPS) is 9.64. The van der Waals surface area contributed by atoms with Gasteiger partial charge in [-0.25, -0.2) is 0 Å². The van der Waals surface area contributed by atoms with Crippen LogP contribution in [0.15, 0.2) is 12.1 Å². The van der Waals surface area contributed by atoms with Crippen LogP contribution in [0.2, 0.25) is 0 Å². The predicted octanol–water partition coefficient (Wildman–Crippen LogP) is 1.52. The summed E-state index contributed by atoms with van der Waals surface area (Å²) in [4.78, 5) is 11.3. The minimum absolute atomic E-state index is 0.101. The molecule has 0 fully saturated rings. The second-order valence-electron chi connectivity index (χ2n) is 2.91. The molecule has 0 aliphatic heterocycles. The van der Waals surface area contributed by atoms with E-state index in [9.17, 15) is 4.79 Å². The molecule has 1 rings (SSSR count). The largest absolute Gasteiger partial charge is 0.496 e. The third-order valence-electron chi connectivity index (χ3n) is 2.05. The lowest BCUT2D eigenvalue weighted by Crippen LogP contribution is -2.06. The van der Waals surface area contributed by atoms with Gasteiger partial charge in [0.2, 0.25) is 0 Å². The van der Waals surface area contributed by atoms with Gasteiger partial charge in [-0.1, -0.05) is 0 Å². The van der Waals surface area contributed by atoms with Crippen molar-refractivity contribution in [1.82, 2.24) is 0 Å². The van der Waals surface area contributed by atoms with Gasteiger partial charge < -0.3 is 15.8 Å². The van der Waals surface area contributed by atoms with Crippen LogP contribution in [0.3, 0.4) is 0 Å². The SMILES string of the molecule is CNc1ccc(OC)c(C(C)=O)c1N. The summed E-state index contributed by atoms with van der Waals surface area (Å²) in [7, 11) is 3.27. The lowest BCUT2D eigenvalue weighted by atomic mass is 10.1. The fourth-order valence-corrected chi connectivity index (χ4v) is 1.35. The third-order valence-corrected chi connectivity index (χ3v) is 2.05. The van der Waals surface area contributed by atoms with Crippen molar-refractivity contribution >= 4 is 17.2 Å². The molecule has 0 saturated heterocycles. The smallest absolute Gasteiger partial charge is 0.165 e. The molecule has 1 aromatic carbocycles. The van der Waals surface area contributed by atoms with Crippen LogP contribution in [0.4, 0.5) is 11.4 Å². The fourth-order valence-electron chi connectivity index (χ4n) is 1.35. The Kier molecular flexibility index (Phi) is 2.96. The van der Waals surface area contributed by atoms with Crippen molar-refractivity contribution < 1.29 is 9.53 Å². The maximum atomic E-state index is 11.3. The van der Waals surface area contributed by atoms with Crippen LogP contribution in [-0.4, -0.2) is 19.9 Å². The second-order valence-corrected chi connectivity index (χ2v) is 2.91. The van der Waals surface area contributed by atoms with Gasteiger partial charge in [0.1, 0.15) is 5.75 Å². The van der Waals surface area contributed by atoms with Crippen LogP contribution in [0.1, 0.15) is 17.3 Å². The van der Waals surface area contributed by atoms with E-state index in [0.29, 0.717) is 17.0 Å². The van der Waals surface area contributed by atoms with Crippen molar-refractivity contribution in [2.24, 2.45) is 0 Å². The highest BCUT2D eigenvalue weighted by atomic mass is 16.5. The summed E-state index contributed by atoms with van der Waals surface area (Å²) < 4.78 is 5.06. The molecule has 0 heterocycles. The van der Waals surface area contributed by atoms with Gasteiger partial charge in [0.15, 0.2) is 5.78 Å². The van der Waals surface area contributed by atoms with Gasteiger partial charge in [-0.2, -0.15) is 0 Å². The Morgan fingerprint density at radius 3 is 2.57 bits per heavy atom. The van der Waals surface area contributed by atoms with Crippen LogP contribution in [0, 0.1) is 0 Å². The molecule has 1 aromatic rings. The number of methoxy groups -OCH3 is 1. The summed E-state index contributed by atoms with van der Waals surface area (Å²) in [6.07, 6.45) is 0. The first-order valence-corrected chi connectivity index (χ1v) is 4.27. The highest BCUT2D eigenvalue weighted by Gasteiger charge is 2.14. The number of hydrogen-bond acceptors (Lipinski definition) is 4. The average molecular weight is 194 g/mol. The quantitative estimate of drug-likeness (QED) is 0.565. The Bertz CT molecular complexity index is 361. The van der Waals surface area contributed by atoms with E-state index in [-0.39, 0.29) is 5.78 Å². The first kappa shape index (κ1) is 10.4. The Morgan fingerprint density at radius 2 is 2.14 bits per heavy atom. The number of carbonyl (C=O) groups excluding carboxylic acids is 1. The standard InChI is InChI=1S/C10H14N2O2/c1-6(13)9-8(14-3)5-4-7(12-2)10(9)11/h4-5,12H,11H2,1-3H3. The van der Waals surface area contributed by atoms with Crippen molar-refractivity contribution in [2.45, 2.75) is 6.92 Å². The molecule has 3 N–H and O–H groups in total. The van der Waals surface area contributed by atoms with Gasteiger partial charge in [0, 0.05) is 7.05 Å². The Balaban J connectivity index is 3.39. The molecule has 0 unspecified atom stereocenters. The fraction of sp³-hybridized carbons (Fsp3) is 0.300. The molecule has 0 atom stereocenters. The number of Topliss-reactive ketones (excluding diaryl/α,β-unsaturated/α-hetero) is 1. The molecule has 4 nitrogen and oxygen atoms in total. The van der Waals surface area contributed by atoms with E-state index in [4.69, 9.17) is 10.5 Å². The molecule has 0 aliphatic rings. The maximum Gasteiger partial charge on any atom is 0.165 e. The van der Waals surface area contributed by atoms with Gasteiger partial charge in [-0.05, 0) is 19.1 Å². The van der Waals surface area contributed by atoms with Crippen LogP contribution in [0.5, 0.6) is 5.75 Å². The molecule has 0 radical (unpaired) electrons. The van der Waals surface area contributed by atoms with Crippen molar-refractivity contribution in [3.63, 3.8) is 0 Å². The highest BCUT2D eigenvalue weighted by molar-refractivity contribution is 6.04. The number of nitrogens with one attached hydrogen (secondary N) is 1. The second kappa shape index (κ2) is 4.00. The number of benzene rings is 1. The zero-order valence-electron chi connectivity index (χ0n) is 8.55. The Morgan fingerprint density at radius 1 is 1.50 bits per heavy atom. The molecule has 0 aliphatic carbocycles. The van der Waals surface area contributed by atoms with Crippen molar-refractivity contribution in [3.8, 4) is 5.75 Å². The van der Waals surface area contributed by atoms with Crippen LogP contribution in [-0.2, 0) is 0 Å². The molecule has 0 saturated carbocycles. The molecular weight excluding hydrogens is 180 g/mol. The van der Waals surface area contributed by atoms with Crippen molar-refractivity contribution in [2.75, 3.05) is 25.2 Å². The molecule has 76 valence electrons. The number of nitrogens with two attached hydrogens (primary N) is 1. The molecule has 0 aromatic heterocycles. The molecule has 0 amide bonds. The van der Waals surface area contributed by atoms with Gasteiger partial charge in [-0.3, -0.25) is 4.79 Å². The third kappa shape index (κ3) is 1.64. The number of ketones is 1.